The number of nitriles is 1. The first-order valence-electron chi connectivity index (χ1n) is 13.1. The molecule has 0 aliphatic carbocycles. The number of nitrogens with zero attached hydrogens (tertiary/aromatic N) is 2. The van der Waals surface area contributed by atoms with Crippen LogP contribution in [0.1, 0.15) is 64.0 Å². The van der Waals surface area contributed by atoms with E-state index in [1.165, 1.54) is 24.2 Å². The lowest BCUT2D eigenvalue weighted by molar-refractivity contribution is -0.140. The second-order valence-corrected chi connectivity index (χ2v) is 9.07. The summed E-state index contributed by atoms with van der Waals surface area (Å²) in [5.41, 5.74) is 2.46. The smallest absolute Gasteiger partial charge is 0.271 e. The molecule has 0 aromatic heterocycles. The van der Waals surface area contributed by atoms with Gasteiger partial charge >= 0.3 is 0 Å². The molecule has 2 amide bonds. The SMILES string of the molecule is CCCCCCCOc1ccc(/C=C2/C(=O)N(CCc3ccccc3)C(=O)C(C#N)=C2C)cc1OCC. The summed E-state index contributed by atoms with van der Waals surface area (Å²) >= 11 is 0. The van der Waals surface area contributed by atoms with E-state index in [0.29, 0.717) is 42.3 Å². The molecule has 3 rings (SSSR count). The molecule has 1 aliphatic rings. The molecule has 2 aromatic rings. The van der Waals surface area contributed by atoms with Gasteiger partial charge in [0, 0.05) is 12.1 Å². The Bertz CT molecular complexity index is 1190. The molecular weight excluding hydrogens is 464 g/mol. The minimum absolute atomic E-state index is 0.00744. The largest absolute Gasteiger partial charge is 0.490 e. The maximum absolute atomic E-state index is 13.4. The van der Waals surface area contributed by atoms with Gasteiger partial charge in [-0.2, -0.15) is 5.26 Å². The van der Waals surface area contributed by atoms with Crippen molar-refractivity contribution in [2.45, 2.75) is 59.3 Å². The minimum Gasteiger partial charge on any atom is -0.490 e. The van der Waals surface area contributed by atoms with Gasteiger partial charge in [0.1, 0.15) is 11.6 Å². The van der Waals surface area contributed by atoms with Gasteiger partial charge in [0.25, 0.3) is 11.8 Å². The highest BCUT2D eigenvalue weighted by molar-refractivity contribution is 6.19. The molecular formula is C31H36N2O4. The van der Waals surface area contributed by atoms with Gasteiger partial charge in [-0.3, -0.25) is 14.5 Å². The summed E-state index contributed by atoms with van der Waals surface area (Å²) in [4.78, 5) is 27.5. The van der Waals surface area contributed by atoms with Crippen LogP contribution in [0.2, 0.25) is 0 Å². The molecule has 6 heteroatoms. The third-order valence-corrected chi connectivity index (χ3v) is 6.38. The molecule has 0 radical (unpaired) electrons. The number of benzene rings is 2. The van der Waals surface area contributed by atoms with Gasteiger partial charge in [-0.25, -0.2) is 0 Å². The fourth-order valence-electron chi connectivity index (χ4n) is 4.27. The number of imide groups is 1. The van der Waals surface area contributed by atoms with Gasteiger partial charge in [0.2, 0.25) is 0 Å². The molecule has 0 unspecified atom stereocenters. The fourth-order valence-corrected chi connectivity index (χ4v) is 4.27. The van der Waals surface area contributed by atoms with E-state index in [0.717, 1.165) is 24.0 Å². The van der Waals surface area contributed by atoms with Crippen molar-refractivity contribution >= 4 is 17.9 Å². The number of carbonyl (C=O) groups excluding carboxylic acids is 2. The number of amides is 2. The number of hydrogen-bond donors (Lipinski definition) is 0. The second-order valence-electron chi connectivity index (χ2n) is 9.07. The highest BCUT2D eigenvalue weighted by Crippen LogP contribution is 2.32. The first kappa shape index (κ1) is 27.7. The summed E-state index contributed by atoms with van der Waals surface area (Å²) in [5, 5.41) is 9.68. The lowest BCUT2D eigenvalue weighted by Gasteiger charge is -2.27. The van der Waals surface area contributed by atoms with Crippen LogP contribution >= 0.6 is 0 Å². The molecule has 0 fully saturated rings. The molecule has 0 saturated carbocycles. The van der Waals surface area contributed by atoms with Gasteiger partial charge in [0.05, 0.1) is 13.2 Å². The zero-order valence-corrected chi connectivity index (χ0v) is 22.1. The fraction of sp³-hybridized carbons (Fsp3) is 0.387. The van der Waals surface area contributed by atoms with Crippen molar-refractivity contribution in [1.29, 1.82) is 5.26 Å². The number of ether oxygens (including phenoxy) is 2. The van der Waals surface area contributed by atoms with E-state index in [4.69, 9.17) is 9.47 Å². The van der Waals surface area contributed by atoms with Crippen LogP contribution in [0.15, 0.2) is 65.3 Å². The molecule has 6 nitrogen and oxygen atoms in total. The number of hydrogen-bond acceptors (Lipinski definition) is 5. The summed E-state index contributed by atoms with van der Waals surface area (Å²) in [7, 11) is 0. The molecule has 2 aromatic carbocycles. The van der Waals surface area contributed by atoms with E-state index >= 15 is 0 Å². The van der Waals surface area contributed by atoms with Gasteiger partial charge in [0.15, 0.2) is 11.5 Å². The van der Waals surface area contributed by atoms with E-state index in [2.05, 4.69) is 6.92 Å². The average Bonchev–Trinajstić information content (AvgIpc) is 2.90. The second kappa shape index (κ2) is 14.0. The van der Waals surface area contributed by atoms with E-state index in [9.17, 15) is 14.9 Å². The van der Waals surface area contributed by atoms with Crippen molar-refractivity contribution in [3.8, 4) is 17.6 Å². The van der Waals surface area contributed by atoms with Crippen molar-refractivity contribution in [2.24, 2.45) is 0 Å². The van der Waals surface area contributed by atoms with Crippen LogP contribution in [-0.4, -0.2) is 36.5 Å². The van der Waals surface area contributed by atoms with E-state index in [-0.39, 0.29) is 12.1 Å². The van der Waals surface area contributed by atoms with Crippen LogP contribution in [0.4, 0.5) is 0 Å². The Kier molecular flexibility index (Phi) is 10.5. The van der Waals surface area contributed by atoms with Gasteiger partial charge in [-0.1, -0.05) is 69.0 Å². The van der Waals surface area contributed by atoms with Crippen LogP contribution in [0.3, 0.4) is 0 Å². The molecule has 1 heterocycles. The summed E-state index contributed by atoms with van der Waals surface area (Å²) < 4.78 is 11.8. The van der Waals surface area contributed by atoms with Gasteiger partial charge in [-0.15, -0.1) is 0 Å². The third kappa shape index (κ3) is 7.33. The van der Waals surface area contributed by atoms with Gasteiger partial charge in [-0.05, 0) is 61.6 Å². The quantitative estimate of drug-likeness (QED) is 0.184. The Morgan fingerprint density at radius 2 is 1.68 bits per heavy atom. The molecule has 194 valence electrons. The van der Waals surface area contributed by atoms with Crippen LogP contribution < -0.4 is 9.47 Å². The zero-order valence-electron chi connectivity index (χ0n) is 22.1. The van der Waals surface area contributed by atoms with E-state index in [1.54, 1.807) is 13.0 Å². The van der Waals surface area contributed by atoms with Crippen molar-refractivity contribution in [3.63, 3.8) is 0 Å². The van der Waals surface area contributed by atoms with E-state index in [1.807, 2.05) is 61.5 Å². The Balaban J connectivity index is 1.83. The Hall–Kier alpha value is -3.85. The van der Waals surface area contributed by atoms with Crippen molar-refractivity contribution in [3.05, 3.63) is 76.4 Å². The number of unbranched alkanes of at least 4 members (excludes halogenated alkanes) is 4. The third-order valence-electron chi connectivity index (χ3n) is 6.38. The van der Waals surface area contributed by atoms with Crippen molar-refractivity contribution in [2.75, 3.05) is 19.8 Å². The monoisotopic (exact) mass is 500 g/mol. The van der Waals surface area contributed by atoms with E-state index < -0.39 is 11.8 Å². The topological polar surface area (TPSA) is 79.6 Å². The number of rotatable bonds is 13. The predicted molar refractivity (Wildman–Crippen MR) is 145 cm³/mol. The molecule has 37 heavy (non-hydrogen) atoms. The average molecular weight is 501 g/mol. The number of carbonyl (C=O) groups is 2. The van der Waals surface area contributed by atoms with Crippen LogP contribution in [0.25, 0.3) is 6.08 Å². The van der Waals surface area contributed by atoms with Crippen LogP contribution in [-0.2, 0) is 16.0 Å². The normalized spacial score (nSPS) is 14.8. The molecule has 0 atom stereocenters. The van der Waals surface area contributed by atoms with Gasteiger partial charge < -0.3 is 9.47 Å². The highest BCUT2D eigenvalue weighted by atomic mass is 16.5. The summed E-state index contributed by atoms with van der Waals surface area (Å²) in [6, 6.07) is 17.2. The minimum atomic E-state index is -0.546. The summed E-state index contributed by atoms with van der Waals surface area (Å²) in [6.45, 7) is 7.05. The first-order chi connectivity index (χ1) is 18.0. The lowest BCUT2D eigenvalue weighted by Crippen LogP contribution is -2.43. The lowest BCUT2D eigenvalue weighted by atomic mass is 9.93. The van der Waals surface area contributed by atoms with Crippen molar-refractivity contribution < 1.29 is 19.1 Å². The maximum atomic E-state index is 13.4. The summed E-state index contributed by atoms with van der Waals surface area (Å²) in [6.07, 6.45) is 8.01. The molecule has 0 bridgehead atoms. The highest BCUT2D eigenvalue weighted by Gasteiger charge is 2.35. The Labute approximate surface area is 220 Å². The zero-order chi connectivity index (χ0) is 26.6. The molecule has 0 N–H and O–H groups in total. The Morgan fingerprint density at radius 1 is 0.919 bits per heavy atom. The molecule has 0 spiro atoms. The van der Waals surface area contributed by atoms with Crippen LogP contribution in [0.5, 0.6) is 11.5 Å². The predicted octanol–water partition coefficient (Wildman–Crippen LogP) is 6.27. The Morgan fingerprint density at radius 3 is 2.38 bits per heavy atom. The molecule has 0 saturated heterocycles. The first-order valence-corrected chi connectivity index (χ1v) is 13.1. The summed E-state index contributed by atoms with van der Waals surface area (Å²) in [5.74, 6) is 0.325. The van der Waals surface area contributed by atoms with Crippen LogP contribution in [0, 0.1) is 11.3 Å². The van der Waals surface area contributed by atoms with Crippen molar-refractivity contribution in [1.82, 2.24) is 4.90 Å². The molecule has 1 aliphatic heterocycles. The maximum Gasteiger partial charge on any atom is 0.271 e. The standard InChI is InChI=1S/C31H36N2O4/c1-4-6-7-8-12-19-37-28-16-15-25(21-29(28)36-5-2)20-26-23(3)27(22-32)31(35)33(30(26)34)18-17-24-13-10-9-11-14-24/h9-11,13-16,20-21H,4-8,12,17-19H2,1-3H3/b26-20+.